The van der Waals surface area contributed by atoms with Crippen LogP contribution in [-0.2, 0) is 5.41 Å². The van der Waals surface area contributed by atoms with Crippen molar-refractivity contribution in [1.29, 1.82) is 0 Å². The summed E-state index contributed by atoms with van der Waals surface area (Å²) in [5, 5.41) is 4.55. The molecular weight excluding hydrogens is 823 g/mol. The largest absolute Gasteiger partial charge is 0.310 e. The Morgan fingerprint density at radius 2 is 0.657 bits per heavy atom. The van der Waals surface area contributed by atoms with Crippen LogP contribution in [0.25, 0.3) is 43.8 Å². The fraction of sp³-hybridized carbons (Fsp3) is 0.111. The predicted molar refractivity (Wildman–Crippen MR) is 275 cm³/mol. The van der Waals surface area contributed by atoms with Crippen molar-refractivity contribution in [3.63, 3.8) is 0 Å². The van der Waals surface area contributed by atoms with Crippen LogP contribution in [0.1, 0.15) is 72.9 Å². The third-order valence-electron chi connectivity index (χ3n) is 14.3. The van der Waals surface area contributed by atoms with Crippen LogP contribution in [0.3, 0.4) is 0 Å². The second-order valence-corrected chi connectivity index (χ2v) is 18.8. The summed E-state index contributed by atoms with van der Waals surface area (Å²) in [4.78, 5) is 4.44. The predicted octanol–water partition coefficient (Wildman–Crippen LogP) is 17.8. The first-order chi connectivity index (χ1) is 32.6. The molecule has 0 unspecified atom stereocenters. The molecular formula is C63H48F2N2. The number of hydrogen-bond donors (Lipinski definition) is 0. The molecule has 0 aliphatic heterocycles. The van der Waals surface area contributed by atoms with E-state index in [0.717, 1.165) is 55.7 Å². The van der Waals surface area contributed by atoms with E-state index in [2.05, 4.69) is 195 Å². The van der Waals surface area contributed by atoms with Gasteiger partial charge in [-0.3, -0.25) is 0 Å². The van der Waals surface area contributed by atoms with Crippen LogP contribution >= 0.6 is 0 Å². The Hall–Kier alpha value is -7.82. The molecule has 0 N–H and O–H groups in total. The van der Waals surface area contributed by atoms with Gasteiger partial charge < -0.3 is 9.80 Å². The van der Waals surface area contributed by atoms with Gasteiger partial charge in [0, 0.05) is 34.1 Å². The SMILES string of the molecule is CC(C)c1ccc(N(c2ccc(F)cc2)c2ccc3cc4c(cc3c2)C2(c3ccccc3-c3ccccc32)c2cc3cc(N(c5ccc(F)cc5)c5ccc(C(C)C)cc5)ccc3cc2-4)cc1. The van der Waals surface area contributed by atoms with Crippen molar-refractivity contribution in [2.24, 2.45) is 0 Å². The standard InChI is InChI=1S/C63H48F2N2/c1-39(2)41-13-23-49(24-14-41)66(51-29-19-47(64)20-30-51)53-27-17-43-35-57-58-36-44-18-28-54(67(52-31-21-48(65)22-32-52)50-25-15-42(16-26-50)40(3)4)34-46(44)38-62(58)63(61(57)37-45(43)33-53)59-11-7-5-9-55(59)56-10-6-8-12-60(56)63/h5-40H,1-4H3. The van der Waals surface area contributed by atoms with Gasteiger partial charge in [0.25, 0.3) is 0 Å². The van der Waals surface area contributed by atoms with E-state index in [1.165, 1.54) is 79.9 Å². The average Bonchev–Trinajstić information content (AvgIpc) is 3.80. The fourth-order valence-corrected chi connectivity index (χ4v) is 11.0. The van der Waals surface area contributed by atoms with Crippen LogP contribution < -0.4 is 9.80 Å². The Labute approximate surface area is 391 Å². The molecule has 12 rings (SSSR count). The molecule has 2 nitrogen and oxygen atoms in total. The third-order valence-corrected chi connectivity index (χ3v) is 14.3. The molecule has 10 aromatic rings. The van der Waals surface area contributed by atoms with Crippen molar-refractivity contribution in [1.82, 2.24) is 0 Å². The van der Waals surface area contributed by atoms with E-state index in [0.29, 0.717) is 11.8 Å². The second-order valence-electron chi connectivity index (χ2n) is 18.8. The Balaban J connectivity index is 1.07. The van der Waals surface area contributed by atoms with Crippen molar-refractivity contribution >= 4 is 55.7 Å². The van der Waals surface area contributed by atoms with Gasteiger partial charge in [-0.2, -0.15) is 0 Å². The van der Waals surface area contributed by atoms with E-state index >= 15 is 0 Å². The maximum Gasteiger partial charge on any atom is 0.123 e. The first-order valence-corrected chi connectivity index (χ1v) is 23.3. The summed E-state index contributed by atoms with van der Waals surface area (Å²) in [5.41, 5.74) is 17.8. The lowest BCUT2D eigenvalue weighted by atomic mass is 9.70. The molecule has 324 valence electrons. The number of halogens is 2. The topological polar surface area (TPSA) is 6.48 Å². The molecule has 0 fully saturated rings. The lowest BCUT2D eigenvalue weighted by Crippen LogP contribution is -2.25. The highest BCUT2D eigenvalue weighted by molar-refractivity contribution is 6.04. The van der Waals surface area contributed by atoms with Crippen LogP contribution in [0.2, 0.25) is 0 Å². The van der Waals surface area contributed by atoms with Gasteiger partial charge in [0.2, 0.25) is 0 Å². The van der Waals surface area contributed by atoms with Gasteiger partial charge >= 0.3 is 0 Å². The highest BCUT2D eigenvalue weighted by Crippen LogP contribution is 2.64. The van der Waals surface area contributed by atoms with E-state index in [9.17, 15) is 8.78 Å². The van der Waals surface area contributed by atoms with Crippen LogP contribution in [-0.4, -0.2) is 0 Å². The molecule has 0 amide bonds. The van der Waals surface area contributed by atoms with Gasteiger partial charge in [0.05, 0.1) is 5.41 Å². The maximum absolute atomic E-state index is 14.4. The number of fused-ring (bicyclic) bond motifs is 12. The third kappa shape index (κ3) is 6.49. The molecule has 67 heavy (non-hydrogen) atoms. The van der Waals surface area contributed by atoms with E-state index in [-0.39, 0.29) is 11.6 Å². The number of hydrogen-bond acceptors (Lipinski definition) is 2. The first-order valence-electron chi connectivity index (χ1n) is 23.3. The van der Waals surface area contributed by atoms with Crippen LogP contribution in [0.15, 0.2) is 206 Å². The molecule has 4 heteroatoms. The fourth-order valence-electron chi connectivity index (χ4n) is 11.0. The normalized spacial score (nSPS) is 13.0. The van der Waals surface area contributed by atoms with Crippen LogP contribution in [0, 0.1) is 11.6 Å². The van der Waals surface area contributed by atoms with Gasteiger partial charge in [-0.05, 0) is 210 Å². The van der Waals surface area contributed by atoms with Gasteiger partial charge in [-0.1, -0.05) is 113 Å². The van der Waals surface area contributed by atoms with Gasteiger partial charge in [-0.15, -0.1) is 0 Å². The Kier molecular flexibility index (Phi) is 9.51. The summed E-state index contributed by atoms with van der Waals surface area (Å²) < 4.78 is 28.8. The summed E-state index contributed by atoms with van der Waals surface area (Å²) in [7, 11) is 0. The van der Waals surface area contributed by atoms with Gasteiger partial charge in [0.15, 0.2) is 0 Å². The van der Waals surface area contributed by atoms with E-state index in [1.54, 1.807) is 0 Å². The van der Waals surface area contributed by atoms with Crippen molar-refractivity contribution in [2.45, 2.75) is 44.9 Å². The number of anilines is 6. The lowest BCUT2D eigenvalue weighted by molar-refractivity contribution is 0.627. The van der Waals surface area contributed by atoms with E-state index in [1.807, 2.05) is 24.3 Å². The zero-order valence-electron chi connectivity index (χ0n) is 37.9. The van der Waals surface area contributed by atoms with Crippen molar-refractivity contribution in [3.05, 3.63) is 251 Å². The van der Waals surface area contributed by atoms with Gasteiger partial charge in [0.1, 0.15) is 11.6 Å². The summed E-state index contributed by atoms with van der Waals surface area (Å²) in [6.07, 6.45) is 0. The summed E-state index contributed by atoms with van der Waals surface area (Å²) in [6.45, 7) is 8.83. The highest BCUT2D eigenvalue weighted by Gasteiger charge is 2.51. The minimum atomic E-state index is -0.584. The summed E-state index contributed by atoms with van der Waals surface area (Å²) >= 11 is 0. The molecule has 0 aromatic heterocycles. The zero-order chi connectivity index (χ0) is 45.6. The molecule has 2 aliphatic carbocycles. The molecule has 2 aliphatic rings. The maximum atomic E-state index is 14.4. The summed E-state index contributed by atoms with van der Waals surface area (Å²) in [6, 6.07) is 71.9. The number of rotatable bonds is 8. The van der Waals surface area contributed by atoms with E-state index < -0.39 is 5.41 Å². The quantitative estimate of drug-likeness (QED) is 0.150. The molecule has 0 atom stereocenters. The molecule has 0 saturated heterocycles. The smallest absolute Gasteiger partial charge is 0.123 e. The lowest BCUT2D eigenvalue weighted by Gasteiger charge is -2.31. The minimum absolute atomic E-state index is 0.264. The van der Waals surface area contributed by atoms with Crippen molar-refractivity contribution in [3.8, 4) is 22.3 Å². The first kappa shape index (κ1) is 40.7. The Morgan fingerprint density at radius 3 is 1.03 bits per heavy atom. The molecule has 0 heterocycles. The molecule has 0 bridgehead atoms. The molecule has 0 radical (unpaired) electrons. The van der Waals surface area contributed by atoms with E-state index in [4.69, 9.17) is 0 Å². The average molecular weight is 871 g/mol. The van der Waals surface area contributed by atoms with Crippen LogP contribution in [0.4, 0.5) is 42.9 Å². The highest BCUT2D eigenvalue weighted by atomic mass is 19.1. The van der Waals surface area contributed by atoms with Crippen molar-refractivity contribution < 1.29 is 8.78 Å². The summed E-state index contributed by atoms with van der Waals surface area (Å²) in [5.74, 6) is 0.282. The number of benzene rings is 10. The molecule has 10 aromatic carbocycles. The Bertz CT molecular complexity index is 3300. The van der Waals surface area contributed by atoms with Gasteiger partial charge in [-0.25, -0.2) is 8.78 Å². The second kappa shape index (κ2) is 15.7. The Morgan fingerprint density at radius 1 is 0.313 bits per heavy atom. The van der Waals surface area contributed by atoms with Crippen molar-refractivity contribution in [2.75, 3.05) is 9.80 Å². The molecule has 1 spiro atoms. The van der Waals surface area contributed by atoms with Crippen LogP contribution in [0.5, 0.6) is 0 Å². The zero-order valence-corrected chi connectivity index (χ0v) is 37.9. The minimum Gasteiger partial charge on any atom is -0.310 e. The monoisotopic (exact) mass is 870 g/mol. The number of nitrogens with zero attached hydrogens (tertiary/aromatic N) is 2. The molecule has 0 saturated carbocycles.